The van der Waals surface area contributed by atoms with Crippen molar-refractivity contribution < 1.29 is 18.4 Å². The first-order valence-electron chi connectivity index (χ1n) is 5.97. The van der Waals surface area contributed by atoms with Crippen molar-refractivity contribution in [1.82, 2.24) is 5.32 Å². The number of nitrogens with two attached hydrogens (primary N) is 2. The molecule has 0 radical (unpaired) electrons. The Morgan fingerprint density at radius 1 is 1.33 bits per heavy atom. The summed E-state index contributed by atoms with van der Waals surface area (Å²) in [7, 11) is -3.74. The fraction of sp³-hybridized carbons (Fsp3) is 0.333. The average molecular weight is 314 g/mol. The molecule has 0 aliphatic heterocycles. The summed E-state index contributed by atoms with van der Waals surface area (Å²) < 4.78 is 22.2. The number of primary sulfonamides is 1. The summed E-state index contributed by atoms with van der Waals surface area (Å²) in [5.74, 6) is -0.627. The van der Waals surface area contributed by atoms with E-state index in [4.69, 9.17) is 16.1 Å². The van der Waals surface area contributed by atoms with E-state index in [1.165, 1.54) is 38.1 Å². The van der Waals surface area contributed by atoms with Crippen LogP contribution in [-0.4, -0.2) is 25.4 Å². The van der Waals surface area contributed by atoms with E-state index >= 15 is 0 Å². The number of carbonyl (C=O) groups excluding carboxylic acids is 1. The fourth-order valence-corrected chi connectivity index (χ4v) is 1.96. The lowest BCUT2D eigenvalue weighted by Gasteiger charge is -2.21. The fourth-order valence-electron chi connectivity index (χ4n) is 1.44. The van der Waals surface area contributed by atoms with Crippen molar-refractivity contribution in [2.75, 3.05) is 0 Å². The largest absolute Gasteiger partial charge is 0.409 e. The summed E-state index contributed by atoms with van der Waals surface area (Å²) in [6.07, 6.45) is 0. The van der Waals surface area contributed by atoms with Crippen molar-refractivity contribution in [1.29, 1.82) is 0 Å². The molecule has 1 rings (SSSR count). The van der Waals surface area contributed by atoms with Crippen molar-refractivity contribution in [3.63, 3.8) is 0 Å². The van der Waals surface area contributed by atoms with Gasteiger partial charge in [-0.3, -0.25) is 4.79 Å². The van der Waals surface area contributed by atoms with E-state index in [0.717, 1.165) is 0 Å². The van der Waals surface area contributed by atoms with Crippen LogP contribution in [0.2, 0.25) is 0 Å². The van der Waals surface area contributed by atoms with Gasteiger partial charge in [-0.1, -0.05) is 17.3 Å². The quantitative estimate of drug-likeness (QED) is 0.255. The number of sulfonamides is 1. The van der Waals surface area contributed by atoms with Crippen molar-refractivity contribution >= 4 is 21.8 Å². The molecule has 0 atom stereocenters. The van der Waals surface area contributed by atoms with Gasteiger partial charge in [0, 0.05) is 6.54 Å². The Morgan fingerprint density at radius 2 is 1.86 bits per heavy atom. The summed E-state index contributed by atoms with van der Waals surface area (Å²) in [5.41, 5.74) is 4.98. The smallest absolute Gasteiger partial charge is 0.238 e. The molecule has 0 saturated carbocycles. The van der Waals surface area contributed by atoms with Gasteiger partial charge < -0.3 is 16.3 Å². The van der Waals surface area contributed by atoms with E-state index in [-0.39, 0.29) is 17.3 Å². The second-order valence-corrected chi connectivity index (χ2v) is 6.54. The number of rotatable bonds is 5. The molecule has 21 heavy (non-hydrogen) atoms. The van der Waals surface area contributed by atoms with Gasteiger partial charge in [0.05, 0.1) is 4.90 Å². The Morgan fingerprint density at radius 3 is 2.29 bits per heavy atom. The summed E-state index contributed by atoms with van der Waals surface area (Å²) in [6.45, 7) is 3.20. The van der Waals surface area contributed by atoms with Gasteiger partial charge >= 0.3 is 0 Å². The van der Waals surface area contributed by atoms with Gasteiger partial charge in [0.25, 0.3) is 0 Å². The summed E-state index contributed by atoms with van der Waals surface area (Å²) in [5, 5.41) is 19.1. The molecule has 0 aliphatic carbocycles. The van der Waals surface area contributed by atoms with Gasteiger partial charge in [-0.05, 0) is 31.5 Å². The molecule has 1 amide bonds. The Bertz CT molecular complexity index is 650. The zero-order valence-electron chi connectivity index (χ0n) is 11.7. The van der Waals surface area contributed by atoms with Crippen molar-refractivity contribution in [2.45, 2.75) is 25.3 Å². The highest BCUT2D eigenvalue weighted by Gasteiger charge is 2.32. The maximum absolute atomic E-state index is 12.0. The summed E-state index contributed by atoms with van der Waals surface area (Å²) >= 11 is 0. The monoisotopic (exact) mass is 314 g/mol. The summed E-state index contributed by atoms with van der Waals surface area (Å²) in [4.78, 5) is 12.0. The van der Waals surface area contributed by atoms with Crippen LogP contribution >= 0.6 is 0 Å². The molecule has 0 aliphatic rings. The van der Waals surface area contributed by atoms with E-state index in [0.29, 0.717) is 5.56 Å². The SMILES string of the molecule is CC(C)(C(=O)NCc1ccc(S(N)(=O)=O)cc1)C(N)=NO. The number of hydrogen-bond donors (Lipinski definition) is 4. The average Bonchev–Trinajstić information content (AvgIpc) is 2.43. The summed E-state index contributed by atoms with van der Waals surface area (Å²) in [6, 6.07) is 5.78. The Kier molecular flexibility index (Phi) is 4.92. The predicted molar refractivity (Wildman–Crippen MR) is 76.9 cm³/mol. The van der Waals surface area contributed by atoms with Gasteiger partial charge in [-0.15, -0.1) is 0 Å². The van der Waals surface area contributed by atoms with Gasteiger partial charge in [-0.2, -0.15) is 0 Å². The number of amidine groups is 1. The van der Waals surface area contributed by atoms with Gasteiger partial charge in [0.1, 0.15) is 5.41 Å². The van der Waals surface area contributed by atoms with Gasteiger partial charge in [0.15, 0.2) is 5.84 Å². The predicted octanol–water partition coefficient (Wildman–Crippen LogP) is -0.277. The minimum absolute atomic E-state index is 0.00503. The number of nitrogens with zero attached hydrogens (tertiary/aromatic N) is 1. The van der Waals surface area contributed by atoms with Crippen LogP contribution in [0.4, 0.5) is 0 Å². The molecule has 116 valence electrons. The molecule has 0 bridgehead atoms. The first kappa shape index (κ1) is 16.9. The van der Waals surface area contributed by atoms with Crippen molar-refractivity contribution in [2.24, 2.45) is 21.4 Å². The van der Waals surface area contributed by atoms with Crippen LogP contribution in [0.25, 0.3) is 0 Å². The first-order valence-corrected chi connectivity index (χ1v) is 7.51. The van der Waals surface area contributed by atoms with Crippen LogP contribution in [-0.2, 0) is 21.4 Å². The third kappa shape index (κ3) is 4.17. The maximum Gasteiger partial charge on any atom is 0.238 e. The van der Waals surface area contributed by atoms with Crippen molar-refractivity contribution in [3.8, 4) is 0 Å². The van der Waals surface area contributed by atoms with Gasteiger partial charge in [-0.25, -0.2) is 13.6 Å². The molecule has 9 heteroatoms. The number of oxime groups is 1. The molecule has 0 fully saturated rings. The third-order valence-corrected chi connectivity index (χ3v) is 3.95. The zero-order valence-corrected chi connectivity index (χ0v) is 12.5. The van der Waals surface area contributed by atoms with E-state index in [1.54, 1.807) is 0 Å². The molecule has 0 aromatic heterocycles. The first-order chi connectivity index (χ1) is 9.59. The van der Waals surface area contributed by atoms with Crippen LogP contribution in [0.15, 0.2) is 34.3 Å². The second kappa shape index (κ2) is 6.10. The number of nitrogens with one attached hydrogen (secondary N) is 1. The minimum atomic E-state index is -3.74. The molecule has 6 N–H and O–H groups in total. The Hall–Kier alpha value is -2.13. The molecule has 8 nitrogen and oxygen atoms in total. The molecule has 0 heterocycles. The highest BCUT2D eigenvalue weighted by atomic mass is 32.2. The van der Waals surface area contributed by atoms with Gasteiger partial charge in [0.2, 0.25) is 15.9 Å². The number of benzene rings is 1. The standard InChI is InChI=1S/C12H18N4O4S/c1-12(2,10(13)16-18)11(17)15-7-8-3-5-9(6-4-8)21(14,19)20/h3-6,18H,7H2,1-2H3,(H2,13,16)(H,15,17)(H2,14,19,20). The highest BCUT2D eigenvalue weighted by Crippen LogP contribution is 2.16. The van der Waals surface area contributed by atoms with Crippen LogP contribution in [0.5, 0.6) is 0 Å². The van der Waals surface area contributed by atoms with Crippen molar-refractivity contribution in [3.05, 3.63) is 29.8 Å². The molecule has 0 spiro atoms. The second-order valence-electron chi connectivity index (χ2n) is 4.98. The lowest BCUT2D eigenvalue weighted by Crippen LogP contribution is -2.45. The lowest BCUT2D eigenvalue weighted by molar-refractivity contribution is -0.126. The lowest BCUT2D eigenvalue weighted by atomic mass is 9.91. The van der Waals surface area contributed by atoms with Crippen LogP contribution in [0.1, 0.15) is 19.4 Å². The molecule has 1 aromatic rings. The van der Waals surface area contributed by atoms with E-state index < -0.39 is 21.3 Å². The van der Waals surface area contributed by atoms with E-state index in [9.17, 15) is 13.2 Å². The van der Waals surface area contributed by atoms with Crippen LogP contribution in [0, 0.1) is 5.41 Å². The molecule has 0 unspecified atom stereocenters. The molecular formula is C12H18N4O4S. The number of hydrogen-bond acceptors (Lipinski definition) is 5. The van der Waals surface area contributed by atoms with Crippen LogP contribution < -0.4 is 16.2 Å². The highest BCUT2D eigenvalue weighted by molar-refractivity contribution is 7.89. The molecular weight excluding hydrogens is 296 g/mol. The molecule has 0 saturated heterocycles. The van der Waals surface area contributed by atoms with E-state index in [2.05, 4.69) is 10.5 Å². The Balaban J connectivity index is 2.74. The normalized spacial score (nSPS) is 13.0. The van der Waals surface area contributed by atoms with Crippen LogP contribution in [0.3, 0.4) is 0 Å². The number of carbonyl (C=O) groups is 1. The Labute approximate surface area is 122 Å². The minimum Gasteiger partial charge on any atom is -0.409 e. The third-order valence-electron chi connectivity index (χ3n) is 3.02. The van der Waals surface area contributed by atoms with E-state index in [1.807, 2.05) is 0 Å². The number of amides is 1. The maximum atomic E-state index is 12.0. The zero-order chi connectivity index (χ0) is 16.3. The molecule has 1 aromatic carbocycles. The topological polar surface area (TPSA) is 148 Å².